The van der Waals surface area contributed by atoms with Crippen LogP contribution in [0.3, 0.4) is 0 Å². The fourth-order valence-corrected chi connectivity index (χ4v) is 5.63. The molecule has 0 N–H and O–H groups in total. The van der Waals surface area contributed by atoms with Crippen molar-refractivity contribution in [3.63, 3.8) is 0 Å². The Labute approximate surface area is 226 Å². The van der Waals surface area contributed by atoms with E-state index in [2.05, 4.69) is 84.9 Å². The fraction of sp³-hybridized carbons (Fsp3) is 0. The van der Waals surface area contributed by atoms with Crippen molar-refractivity contribution in [2.45, 2.75) is 0 Å². The lowest BCUT2D eigenvalue weighted by molar-refractivity contribution is 0.487. The predicted molar refractivity (Wildman–Crippen MR) is 159 cm³/mol. The van der Waals surface area contributed by atoms with E-state index in [1.54, 1.807) is 0 Å². The maximum atomic E-state index is 6.55. The number of hydrogen-bond acceptors (Lipinski definition) is 3. The molecule has 0 unspecified atom stereocenters. The van der Waals surface area contributed by atoms with Crippen LogP contribution in [0.1, 0.15) is 0 Å². The molecule has 0 saturated heterocycles. The molecule has 0 fully saturated rings. The maximum absolute atomic E-state index is 6.55. The van der Waals surface area contributed by atoms with E-state index >= 15 is 0 Å². The highest BCUT2D eigenvalue weighted by atomic mass is 16.5. The Balaban J connectivity index is 1.36. The molecule has 3 heteroatoms. The Morgan fingerprint density at radius 3 is 1.85 bits per heavy atom. The lowest BCUT2D eigenvalue weighted by Crippen LogP contribution is -2.00. The van der Waals surface area contributed by atoms with E-state index < -0.39 is 0 Å². The molecule has 182 valence electrons. The fourth-order valence-electron chi connectivity index (χ4n) is 5.63. The Hall–Kier alpha value is -5.28. The second-order valence-electron chi connectivity index (χ2n) is 9.79. The van der Waals surface area contributed by atoms with Gasteiger partial charge in [-0.25, -0.2) is 9.97 Å². The van der Waals surface area contributed by atoms with E-state index in [0.29, 0.717) is 0 Å². The summed E-state index contributed by atoms with van der Waals surface area (Å²) >= 11 is 0. The number of hydrogen-bond donors (Lipinski definition) is 0. The minimum Gasteiger partial charge on any atom is -0.456 e. The molecule has 2 heterocycles. The highest BCUT2D eigenvalue weighted by Crippen LogP contribution is 2.50. The molecule has 8 rings (SSSR count). The van der Waals surface area contributed by atoms with Gasteiger partial charge in [-0.1, -0.05) is 97.1 Å². The van der Waals surface area contributed by atoms with Gasteiger partial charge in [-0.05, 0) is 58.5 Å². The molecule has 7 aromatic rings. The van der Waals surface area contributed by atoms with Crippen LogP contribution in [0.15, 0.2) is 133 Å². The zero-order valence-corrected chi connectivity index (χ0v) is 21.0. The number of nitrogens with zero attached hydrogens (tertiary/aromatic N) is 2. The summed E-state index contributed by atoms with van der Waals surface area (Å²) in [7, 11) is 0. The maximum Gasteiger partial charge on any atom is 0.135 e. The van der Waals surface area contributed by atoms with E-state index in [4.69, 9.17) is 14.7 Å². The van der Waals surface area contributed by atoms with E-state index in [-0.39, 0.29) is 0 Å². The quantitative estimate of drug-likeness (QED) is 0.243. The summed E-state index contributed by atoms with van der Waals surface area (Å²) in [6.45, 7) is 0. The van der Waals surface area contributed by atoms with Gasteiger partial charge < -0.3 is 4.74 Å². The minimum atomic E-state index is 0.858. The summed E-state index contributed by atoms with van der Waals surface area (Å²) in [6, 6.07) is 45.9. The second kappa shape index (κ2) is 8.64. The van der Waals surface area contributed by atoms with Crippen molar-refractivity contribution in [2.75, 3.05) is 0 Å². The number of fused-ring (bicyclic) bond motifs is 3. The van der Waals surface area contributed by atoms with Crippen molar-refractivity contribution in [3.8, 4) is 56.3 Å². The molecule has 1 aromatic heterocycles. The summed E-state index contributed by atoms with van der Waals surface area (Å²) in [5.41, 5.74) is 10.2. The summed E-state index contributed by atoms with van der Waals surface area (Å²) in [6.07, 6.45) is 0. The minimum absolute atomic E-state index is 0.858. The van der Waals surface area contributed by atoms with Gasteiger partial charge in [-0.15, -0.1) is 0 Å². The van der Waals surface area contributed by atoms with Crippen LogP contribution in [0.4, 0.5) is 0 Å². The van der Waals surface area contributed by atoms with Crippen molar-refractivity contribution >= 4 is 21.8 Å². The molecule has 1 aliphatic heterocycles. The Bertz CT molecular complexity index is 2030. The van der Waals surface area contributed by atoms with Gasteiger partial charge in [0.15, 0.2) is 0 Å². The molecule has 3 nitrogen and oxygen atoms in total. The van der Waals surface area contributed by atoms with Gasteiger partial charge in [0.1, 0.15) is 11.5 Å². The number of rotatable bonds is 3. The van der Waals surface area contributed by atoms with Crippen LogP contribution in [0.2, 0.25) is 0 Å². The van der Waals surface area contributed by atoms with E-state index in [1.807, 2.05) is 48.5 Å². The summed E-state index contributed by atoms with van der Waals surface area (Å²) in [5.74, 6) is 1.73. The average Bonchev–Trinajstić information content (AvgIpc) is 3.01. The summed E-state index contributed by atoms with van der Waals surface area (Å²) in [5, 5.41) is 2.20. The third-order valence-corrected chi connectivity index (χ3v) is 7.47. The summed E-state index contributed by atoms with van der Waals surface area (Å²) < 4.78 is 6.55. The Kier molecular flexibility index (Phi) is 4.82. The lowest BCUT2D eigenvalue weighted by Gasteiger charge is -2.23. The van der Waals surface area contributed by atoms with E-state index in [0.717, 1.165) is 66.9 Å². The normalized spacial score (nSPS) is 11.8. The van der Waals surface area contributed by atoms with Gasteiger partial charge in [-0.2, -0.15) is 0 Å². The molecule has 1 aliphatic rings. The molecule has 39 heavy (non-hydrogen) atoms. The molecule has 0 amide bonds. The van der Waals surface area contributed by atoms with Crippen molar-refractivity contribution in [2.24, 2.45) is 0 Å². The SMILES string of the molecule is c1ccc(-c2ccc3c(c2)Oc2ccc(-c4nc5ccccc5nc4-c4ccccc4)c4cccc-3c24)cc1. The van der Waals surface area contributed by atoms with Crippen LogP contribution in [0, 0.1) is 0 Å². The number of ether oxygens (including phenoxy) is 1. The average molecular weight is 499 g/mol. The van der Waals surface area contributed by atoms with Gasteiger partial charge in [0.25, 0.3) is 0 Å². The van der Waals surface area contributed by atoms with Gasteiger partial charge >= 0.3 is 0 Å². The predicted octanol–water partition coefficient (Wildman–Crippen LogP) is 9.56. The van der Waals surface area contributed by atoms with E-state index in [9.17, 15) is 0 Å². The first-order valence-corrected chi connectivity index (χ1v) is 13.1. The van der Waals surface area contributed by atoms with Crippen LogP contribution in [-0.4, -0.2) is 9.97 Å². The van der Waals surface area contributed by atoms with Gasteiger partial charge in [0.05, 0.1) is 22.4 Å². The lowest BCUT2D eigenvalue weighted by atomic mass is 9.90. The molecule has 0 bridgehead atoms. The van der Waals surface area contributed by atoms with Gasteiger partial charge in [0.2, 0.25) is 0 Å². The molecule has 6 aromatic carbocycles. The first-order valence-electron chi connectivity index (χ1n) is 13.1. The highest BCUT2D eigenvalue weighted by Gasteiger charge is 2.24. The zero-order chi connectivity index (χ0) is 25.8. The summed E-state index contributed by atoms with van der Waals surface area (Å²) in [4.78, 5) is 10.2. The first kappa shape index (κ1) is 21.8. The highest BCUT2D eigenvalue weighted by molar-refractivity contribution is 6.11. The molecule has 0 radical (unpaired) electrons. The van der Waals surface area contributed by atoms with E-state index in [1.165, 1.54) is 11.1 Å². The van der Waals surface area contributed by atoms with Crippen molar-refractivity contribution < 1.29 is 4.74 Å². The molecular weight excluding hydrogens is 476 g/mol. The van der Waals surface area contributed by atoms with Crippen LogP contribution >= 0.6 is 0 Å². The third kappa shape index (κ3) is 3.52. The van der Waals surface area contributed by atoms with Crippen LogP contribution in [0.5, 0.6) is 11.5 Å². The topological polar surface area (TPSA) is 35.0 Å². The molecule has 0 aliphatic carbocycles. The number of aromatic nitrogens is 2. The van der Waals surface area contributed by atoms with Crippen molar-refractivity contribution in [1.82, 2.24) is 9.97 Å². The van der Waals surface area contributed by atoms with Crippen LogP contribution in [0.25, 0.3) is 66.6 Å². The van der Waals surface area contributed by atoms with Crippen LogP contribution < -0.4 is 4.74 Å². The van der Waals surface area contributed by atoms with Crippen LogP contribution in [-0.2, 0) is 0 Å². The van der Waals surface area contributed by atoms with Crippen molar-refractivity contribution in [3.05, 3.63) is 133 Å². The molecule has 0 atom stereocenters. The third-order valence-electron chi connectivity index (χ3n) is 7.47. The monoisotopic (exact) mass is 498 g/mol. The van der Waals surface area contributed by atoms with Crippen molar-refractivity contribution in [1.29, 1.82) is 0 Å². The smallest absolute Gasteiger partial charge is 0.135 e. The second-order valence-corrected chi connectivity index (χ2v) is 9.79. The molecule has 0 saturated carbocycles. The van der Waals surface area contributed by atoms with Gasteiger partial charge in [0, 0.05) is 22.1 Å². The standard InChI is InChI=1S/C36H22N2O/c1-3-10-23(11-4-1)25-18-19-26-27-14-9-15-28-29(20-21-32(34(27)28)39-33(26)22-25)36-35(24-12-5-2-6-13-24)37-30-16-7-8-17-31(30)38-36/h1-22H. The molecular formula is C36H22N2O. The molecule has 0 spiro atoms. The Morgan fingerprint density at radius 2 is 1.08 bits per heavy atom. The largest absolute Gasteiger partial charge is 0.456 e. The number of para-hydroxylation sites is 2. The zero-order valence-electron chi connectivity index (χ0n) is 21.0. The number of benzene rings is 6. The Morgan fingerprint density at radius 1 is 0.410 bits per heavy atom. The first-order chi connectivity index (χ1) is 19.3. The van der Waals surface area contributed by atoms with Gasteiger partial charge in [-0.3, -0.25) is 0 Å².